The number of aromatic nitrogens is 3. The Morgan fingerprint density at radius 3 is 2.55 bits per heavy atom. The van der Waals surface area contributed by atoms with Crippen molar-refractivity contribution in [1.82, 2.24) is 19.9 Å². The summed E-state index contributed by atoms with van der Waals surface area (Å²) in [6.07, 6.45) is 5.20. The second-order valence-electron chi connectivity index (χ2n) is 8.59. The summed E-state index contributed by atoms with van der Waals surface area (Å²) in [7, 11) is 2.01. The number of fused-ring (bicyclic) bond motifs is 1. The second kappa shape index (κ2) is 7.18. The van der Waals surface area contributed by atoms with Crippen molar-refractivity contribution in [2.75, 3.05) is 43.0 Å². The predicted octanol–water partition coefficient (Wildman–Crippen LogP) is 3.02. The highest BCUT2D eigenvalue weighted by Gasteiger charge is 2.43. The lowest BCUT2D eigenvalue weighted by molar-refractivity contribution is 0.0746. The normalized spacial score (nSPS) is 17.8. The van der Waals surface area contributed by atoms with Gasteiger partial charge in [-0.3, -0.25) is 4.79 Å². The molecular formula is C22H25FN6O2. The molecule has 162 valence electrons. The lowest BCUT2D eigenvalue weighted by Gasteiger charge is -2.36. The summed E-state index contributed by atoms with van der Waals surface area (Å²) in [4.78, 5) is 32.1. The molecule has 0 aromatic carbocycles. The Kier molecular flexibility index (Phi) is 4.56. The smallest absolute Gasteiger partial charge is 0.258 e. The van der Waals surface area contributed by atoms with Crippen LogP contribution in [0.5, 0.6) is 0 Å². The van der Waals surface area contributed by atoms with Gasteiger partial charge < -0.3 is 19.1 Å². The third-order valence-corrected chi connectivity index (χ3v) is 6.60. The van der Waals surface area contributed by atoms with E-state index in [1.807, 2.05) is 11.9 Å². The minimum atomic E-state index is -0.497. The Morgan fingerprint density at radius 2 is 1.90 bits per heavy atom. The maximum Gasteiger partial charge on any atom is 0.258 e. The number of carbonyl (C=O) groups excluding carboxylic acids is 1. The molecule has 0 spiro atoms. The Morgan fingerprint density at radius 1 is 1.16 bits per heavy atom. The van der Waals surface area contributed by atoms with E-state index in [9.17, 15) is 9.18 Å². The molecule has 1 amide bonds. The van der Waals surface area contributed by atoms with Crippen molar-refractivity contribution < 1.29 is 13.6 Å². The SMILES string of the molecule is Cc1oc2ncnc(N(C)C3(C)CC3)c2c1C(=O)N1CCN(c2ccc(F)nc2)CC1. The topological polar surface area (TPSA) is 78.6 Å². The molecule has 3 aromatic heterocycles. The summed E-state index contributed by atoms with van der Waals surface area (Å²) in [6.45, 7) is 6.40. The van der Waals surface area contributed by atoms with Gasteiger partial charge in [0.15, 0.2) is 0 Å². The van der Waals surface area contributed by atoms with E-state index in [1.54, 1.807) is 13.0 Å². The first-order chi connectivity index (χ1) is 14.9. The molecule has 8 nitrogen and oxygen atoms in total. The van der Waals surface area contributed by atoms with Crippen LogP contribution in [0.2, 0.25) is 0 Å². The standard InChI is InChI=1S/C22H25FN6O2/c1-14-17(18-19(25-13-26-20(18)31-14)27(3)22(2)6-7-22)21(30)29-10-8-28(9-11-29)15-4-5-16(23)24-12-15/h4-5,12-13H,6-11H2,1-3H3. The van der Waals surface area contributed by atoms with Crippen molar-refractivity contribution in [2.45, 2.75) is 32.2 Å². The van der Waals surface area contributed by atoms with Crippen LogP contribution in [-0.2, 0) is 0 Å². The Balaban J connectivity index is 1.41. The van der Waals surface area contributed by atoms with E-state index in [-0.39, 0.29) is 11.4 Å². The van der Waals surface area contributed by atoms with Gasteiger partial charge in [0.05, 0.1) is 22.8 Å². The molecule has 0 atom stereocenters. The van der Waals surface area contributed by atoms with Crippen LogP contribution in [0.4, 0.5) is 15.9 Å². The molecule has 1 aliphatic heterocycles. The van der Waals surface area contributed by atoms with Gasteiger partial charge in [-0.15, -0.1) is 0 Å². The molecule has 1 saturated carbocycles. The number of carbonyl (C=O) groups is 1. The minimum absolute atomic E-state index is 0.0571. The number of furan rings is 1. The second-order valence-corrected chi connectivity index (χ2v) is 8.59. The lowest BCUT2D eigenvalue weighted by atomic mass is 10.1. The third kappa shape index (κ3) is 3.37. The molecule has 9 heteroatoms. The highest BCUT2D eigenvalue weighted by Crippen LogP contribution is 2.44. The van der Waals surface area contributed by atoms with E-state index in [2.05, 4.69) is 31.7 Å². The Bertz CT molecular complexity index is 1130. The molecule has 1 aliphatic carbocycles. The van der Waals surface area contributed by atoms with Gasteiger partial charge in [-0.25, -0.2) is 15.0 Å². The third-order valence-electron chi connectivity index (χ3n) is 6.60. The molecule has 0 radical (unpaired) electrons. The van der Waals surface area contributed by atoms with Gasteiger partial charge in [-0.05, 0) is 38.8 Å². The quantitative estimate of drug-likeness (QED) is 0.596. The van der Waals surface area contributed by atoms with Gasteiger partial charge in [0, 0.05) is 38.8 Å². The molecule has 0 bridgehead atoms. The molecule has 3 aromatic rings. The van der Waals surface area contributed by atoms with Crippen molar-refractivity contribution in [2.24, 2.45) is 0 Å². The fourth-order valence-electron chi connectivity index (χ4n) is 4.19. The van der Waals surface area contributed by atoms with Crippen LogP contribution in [0.15, 0.2) is 29.1 Å². The summed E-state index contributed by atoms with van der Waals surface area (Å²) in [5.41, 5.74) is 1.90. The lowest BCUT2D eigenvalue weighted by Crippen LogP contribution is -2.49. The summed E-state index contributed by atoms with van der Waals surface area (Å²) < 4.78 is 19.0. The summed E-state index contributed by atoms with van der Waals surface area (Å²) in [5, 5.41) is 0.686. The largest absolute Gasteiger partial charge is 0.442 e. The number of hydrogen-bond donors (Lipinski definition) is 0. The number of aryl methyl sites for hydroxylation is 1. The molecule has 1 saturated heterocycles. The van der Waals surface area contributed by atoms with Crippen molar-refractivity contribution >= 4 is 28.5 Å². The van der Waals surface area contributed by atoms with Crippen LogP contribution in [0, 0.1) is 12.9 Å². The van der Waals surface area contributed by atoms with Crippen LogP contribution >= 0.6 is 0 Å². The number of piperazine rings is 1. The van der Waals surface area contributed by atoms with E-state index in [4.69, 9.17) is 4.42 Å². The zero-order valence-corrected chi connectivity index (χ0v) is 17.9. The molecule has 2 fully saturated rings. The first-order valence-electron chi connectivity index (χ1n) is 10.5. The zero-order chi connectivity index (χ0) is 21.8. The van der Waals surface area contributed by atoms with Gasteiger partial charge in [-0.2, -0.15) is 4.39 Å². The number of amides is 1. The molecule has 4 heterocycles. The zero-order valence-electron chi connectivity index (χ0n) is 17.9. The summed E-state index contributed by atoms with van der Waals surface area (Å²) in [6, 6.07) is 3.07. The molecule has 0 unspecified atom stereocenters. The van der Waals surface area contributed by atoms with Crippen LogP contribution < -0.4 is 9.80 Å². The van der Waals surface area contributed by atoms with Gasteiger partial charge in [0.2, 0.25) is 11.7 Å². The average molecular weight is 424 g/mol. The number of hydrogen-bond acceptors (Lipinski definition) is 7. The van der Waals surface area contributed by atoms with Gasteiger partial charge in [0.1, 0.15) is 17.9 Å². The van der Waals surface area contributed by atoms with Crippen LogP contribution in [0.1, 0.15) is 35.9 Å². The highest BCUT2D eigenvalue weighted by atomic mass is 19.1. The Labute approximate surface area is 179 Å². The fourth-order valence-corrected chi connectivity index (χ4v) is 4.19. The number of rotatable bonds is 4. The van der Waals surface area contributed by atoms with E-state index >= 15 is 0 Å². The fraction of sp³-hybridized carbons (Fsp3) is 0.455. The number of nitrogens with zero attached hydrogens (tertiary/aromatic N) is 6. The van der Waals surface area contributed by atoms with E-state index in [1.165, 1.54) is 18.6 Å². The average Bonchev–Trinajstić information content (AvgIpc) is 3.44. The van der Waals surface area contributed by atoms with Gasteiger partial charge in [-0.1, -0.05) is 0 Å². The monoisotopic (exact) mass is 424 g/mol. The van der Waals surface area contributed by atoms with Gasteiger partial charge in [0.25, 0.3) is 5.91 Å². The first kappa shape index (κ1) is 19.7. The Hall–Kier alpha value is -3.23. The molecule has 2 aliphatic rings. The molecule has 31 heavy (non-hydrogen) atoms. The van der Waals surface area contributed by atoms with Crippen LogP contribution in [0.25, 0.3) is 11.1 Å². The van der Waals surface area contributed by atoms with Crippen molar-refractivity contribution in [3.63, 3.8) is 0 Å². The minimum Gasteiger partial charge on any atom is -0.442 e. The molecule has 5 rings (SSSR count). The van der Waals surface area contributed by atoms with Crippen LogP contribution in [0.3, 0.4) is 0 Å². The van der Waals surface area contributed by atoms with Gasteiger partial charge >= 0.3 is 0 Å². The van der Waals surface area contributed by atoms with Crippen molar-refractivity contribution in [3.8, 4) is 0 Å². The van der Waals surface area contributed by atoms with E-state index in [0.29, 0.717) is 48.6 Å². The van der Waals surface area contributed by atoms with E-state index in [0.717, 1.165) is 24.3 Å². The molecular weight excluding hydrogens is 399 g/mol. The van der Waals surface area contributed by atoms with Crippen LogP contribution in [-0.4, -0.2) is 64.5 Å². The van der Waals surface area contributed by atoms with Crippen molar-refractivity contribution in [1.29, 1.82) is 0 Å². The maximum atomic E-state index is 13.5. The first-order valence-corrected chi connectivity index (χ1v) is 10.5. The predicted molar refractivity (Wildman–Crippen MR) is 115 cm³/mol. The highest BCUT2D eigenvalue weighted by molar-refractivity contribution is 6.10. The maximum absolute atomic E-state index is 13.5. The molecule has 0 N–H and O–H groups in total. The van der Waals surface area contributed by atoms with E-state index < -0.39 is 5.95 Å². The number of anilines is 2. The number of halogens is 1. The summed E-state index contributed by atoms with van der Waals surface area (Å²) in [5.74, 6) is 0.726. The number of pyridine rings is 1. The van der Waals surface area contributed by atoms with Crippen molar-refractivity contribution in [3.05, 3.63) is 41.9 Å². The summed E-state index contributed by atoms with van der Waals surface area (Å²) >= 11 is 0.